The average Bonchev–Trinajstić information content (AvgIpc) is 3.05. The molecule has 134 valence electrons. The first-order chi connectivity index (χ1) is 12.6. The maximum absolute atomic E-state index is 13.4. The Morgan fingerprint density at radius 1 is 1.08 bits per heavy atom. The van der Waals surface area contributed by atoms with E-state index in [-0.39, 0.29) is 12.1 Å². The zero-order valence-corrected chi connectivity index (χ0v) is 14.1. The van der Waals surface area contributed by atoms with Crippen molar-refractivity contribution in [3.8, 4) is 0 Å². The number of hydrogen-bond donors (Lipinski definition) is 2. The van der Waals surface area contributed by atoms with Crippen LogP contribution in [0.15, 0.2) is 54.7 Å². The molecule has 6 heteroatoms. The van der Waals surface area contributed by atoms with Crippen LogP contribution >= 0.6 is 0 Å². The highest BCUT2D eigenvalue weighted by atomic mass is 19.1. The second-order valence-corrected chi connectivity index (χ2v) is 5.90. The normalized spacial score (nSPS) is 10.7. The van der Waals surface area contributed by atoms with E-state index in [1.54, 1.807) is 6.07 Å². The highest BCUT2D eigenvalue weighted by Crippen LogP contribution is 2.19. The summed E-state index contributed by atoms with van der Waals surface area (Å²) in [7, 11) is 0. The summed E-state index contributed by atoms with van der Waals surface area (Å²) in [6.45, 7) is -0.430. The Labute approximate surface area is 150 Å². The number of aryl methyl sites for hydroxylation is 1. The summed E-state index contributed by atoms with van der Waals surface area (Å²) in [6.07, 6.45) is 3.51. The highest BCUT2D eigenvalue weighted by molar-refractivity contribution is 5.92. The summed E-state index contributed by atoms with van der Waals surface area (Å²) in [5.74, 6) is -1.56. The predicted octanol–water partition coefficient (Wildman–Crippen LogP) is 3.81. The van der Waals surface area contributed by atoms with Gasteiger partial charge in [-0.05, 0) is 36.6 Å². The maximum Gasteiger partial charge on any atom is 0.306 e. The molecule has 0 saturated heterocycles. The third-order valence-corrected chi connectivity index (χ3v) is 4.01. The van der Waals surface area contributed by atoms with Crippen LogP contribution in [0, 0.1) is 5.82 Å². The molecule has 0 fully saturated rings. The average molecular weight is 354 g/mol. The smallest absolute Gasteiger partial charge is 0.306 e. The van der Waals surface area contributed by atoms with Crippen molar-refractivity contribution in [2.75, 3.05) is 11.9 Å². The van der Waals surface area contributed by atoms with Gasteiger partial charge in [0.1, 0.15) is 5.82 Å². The molecule has 0 atom stereocenters. The van der Waals surface area contributed by atoms with Crippen molar-refractivity contribution in [1.82, 2.24) is 4.98 Å². The van der Waals surface area contributed by atoms with E-state index in [1.165, 1.54) is 18.2 Å². The number of benzene rings is 2. The monoisotopic (exact) mass is 354 g/mol. The van der Waals surface area contributed by atoms with Crippen LogP contribution < -0.4 is 5.32 Å². The van der Waals surface area contributed by atoms with Gasteiger partial charge in [0.05, 0.1) is 5.69 Å². The van der Waals surface area contributed by atoms with E-state index in [4.69, 9.17) is 4.74 Å². The number of fused-ring (bicyclic) bond motifs is 1. The van der Waals surface area contributed by atoms with Gasteiger partial charge in [0.15, 0.2) is 6.61 Å². The molecule has 1 amide bonds. The van der Waals surface area contributed by atoms with Crippen LogP contribution in [0.4, 0.5) is 10.1 Å². The summed E-state index contributed by atoms with van der Waals surface area (Å²) in [4.78, 5) is 26.7. The van der Waals surface area contributed by atoms with Gasteiger partial charge in [-0.15, -0.1) is 0 Å². The molecule has 0 bridgehead atoms. The van der Waals surface area contributed by atoms with Crippen LogP contribution in [0.2, 0.25) is 0 Å². The van der Waals surface area contributed by atoms with Crippen molar-refractivity contribution in [1.29, 1.82) is 0 Å². The molecular formula is C20H19FN2O3. The van der Waals surface area contributed by atoms with Crippen molar-refractivity contribution in [3.05, 3.63) is 66.1 Å². The molecule has 0 aliphatic heterocycles. The summed E-state index contributed by atoms with van der Waals surface area (Å²) in [6, 6.07) is 13.8. The number of nitrogens with one attached hydrogen (secondary N) is 2. The van der Waals surface area contributed by atoms with Crippen LogP contribution in [0.25, 0.3) is 10.9 Å². The van der Waals surface area contributed by atoms with Crippen LogP contribution in [0.3, 0.4) is 0 Å². The Bertz CT molecular complexity index is 920. The standard InChI is InChI=1S/C20H19FN2O3/c21-16-8-2-4-10-18(16)23-19(24)13-26-20(25)11-5-6-14-12-22-17-9-3-1-7-15(14)17/h1-4,7-10,12,22H,5-6,11,13H2,(H,23,24). The minimum absolute atomic E-state index is 0.0629. The van der Waals surface area contributed by atoms with Gasteiger partial charge in [0, 0.05) is 23.5 Å². The summed E-state index contributed by atoms with van der Waals surface area (Å²) in [5.41, 5.74) is 2.27. The van der Waals surface area contributed by atoms with Gasteiger partial charge >= 0.3 is 5.97 Å². The lowest BCUT2D eigenvalue weighted by Crippen LogP contribution is -2.21. The number of H-pyrrole nitrogens is 1. The van der Waals surface area contributed by atoms with Gasteiger partial charge < -0.3 is 15.0 Å². The molecule has 3 rings (SSSR count). The number of carbonyl (C=O) groups excluding carboxylic acids is 2. The number of amides is 1. The van der Waals surface area contributed by atoms with Gasteiger partial charge in [-0.25, -0.2) is 4.39 Å². The number of hydrogen-bond acceptors (Lipinski definition) is 3. The van der Waals surface area contributed by atoms with Crippen LogP contribution in [-0.4, -0.2) is 23.5 Å². The molecule has 5 nitrogen and oxygen atoms in total. The van der Waals surface area contributed by atoms with Gasteiger partial charge in [0.25, 0.3) is 5.91 Å². The summed E-state index contributed by atoms with van der Waals surface area (Å²) >= 11 is 0. The topological polar surface area (TPSA) is 71.2 Å². The number of ether oxygens (including phenoxy) is 1. The number of aromatic nitrogens is 1. The number of carbonyl (C=O) groups is 2. The lowest BCUT2D eigenvalue weighted by Gasteiger charge is -2.07. The molecule has 26 heavy (non-hydrogen) atoms. The summed E-state index contributed by atoms with van der Waals surface area (Å²) in [5, 5.41) is 3.51. The fourth-order valence-corrected chi connectivity index (χ4v) is 2.73. The van der Waals surface area contributed by atoms with E-state index in [0.717, 1.165) is 22.9 Å². The molecule has 2 aromatic carbocycles. The number of esters is 1. The Balaban J connectivity index is 1.40. The highest BCUT2D eigenvalue weighted by Gasteiger charge is 2.10. The molecular weight excluding hydrogens is 335 g/mol. The molecule has 0 spiro atoms. The number of halogens is 1. The van der Waals surface area contributed by atoms with Gasteiger partial charge in [0.2, 0.25) is 0 Å². The van der Waals surface area contributed by atoms with Crippen molar-refractivity contribution in [2.24, 2.45) is 0 Å². The molecule has 0 radical (unpaired) electrons. The Morgan fingerprint density at radius 3 is 2.69 bits per heavy atom. The Hall–Kier alpha value is -3.15. The largest absolute Gasteiger partial charge is 0.456 e. The number of rotatable bonds is 7. The minimum Gasteiger partial charge on any atom is -0.456 e. The van der Waals surface area contributed by atoms with Gasteiger partial charge in [-0.3, -0.25) is 9.59 Å². The lowest BCUT2D eigenvalue weighted by molar-refractivity contribution is -0.147. The first kappa shape index (κ1) is 17.7. The zero-order valence-electron chi connectivity index (χ0n) is 14.1. The molecule has 0 aliphatic carbocycles. The Morgan fingerprint density at radius 2 is 1.85 bits per heavy atom. The van der Waals surface area contributed by atoms with E-state index in [0.29, 0.717) is 6.42 Å². The zero-order chi connectivity index (χ0) is 18.4. The van der Waals surface area contributed by atoms with Crippen LogP contribution in [0.1, 0.15) is 18.4 Å². The molecule has 1 heterocycles. The first-order valence-corrected chi connectivity index (χ1v) is 8.38. The molecule has 0 aliphatic rings. The predicted molar refractivity (Wildman–Crippen MR) is 97.2 cm³/mol. The molecule has 0 unspecified atom stereocenters. The number of para-hydroxylation sites is 2. The second kappa shape index (κ2) is 8.29. The second-order valence-electron chi connectivity index (χ2n) is 5.90. The molecule has 1 aromatic heterocycles. The van der Waals surface area contributed by atoms with Gasteiger partial charge in [-0.1, -0.05) is 30.3 Å². The van der Waals surface area contributed by atoms with E-state index in [9.17, 15) is 14.0 Å². The number of aromatic amines is 1. The van der Waals surface area contributed by atoms with Crippen molar-refractivity contribution >= 4 is 28.5 Å². The lowest BCUT2D eigenvalue weighted by atomic mass is 10.1. The fourth-order valence-electron chi connectivity index (χ4n) is 2.73. The third-order valence-electron chi connectivity index (χ3n) is 4.01. The van der Waals surface area contributed by atoms with Crippen molar-refractivity contribution < 1.29 is 18.7 Å². The van der Waals surface area contributed by atoms with E-state index >= 15 is 0 Å². The van der Waals surface area contributed by atoms with E-state index < -0.39 is 24.3 Å². The van der Waals surface area contributed by atoms with Crippen molar-refractivity contribution in [2.45, 2.75) is 19.3 Å². The molecule has 0 saturated carbocycles. The summed E-state index contributed by atoms with van der Waals surface area (Å²) < 4.78 is 18.4. The van der Waals surface area contributed by atoms with E-state index in [2.05, 4.69) is 10.3 Å². The van der Waals surface area contributed by atoms with Crippen LogP contribution in [-0.2, 0) is 20.7 Å². The quantitative estimate of drug-likeness (QED) is 0.634. The fraction of sp³-hybridized carbons (Fsp3) is 0.200. The first-order valence-electron chi connectivity index (χ1n) is 8.38. The maximum atomic E-state index is 13.4. The van der Waals surface area contributed by atoms with Crippen LogP contribution in [0.5, 0.6) is 0 Å². The van der Waals surface area contributed by atoms with Gasteiger partial charge in [-0.2, -0.15) is 0 Å². The molecule has 3 aromatic rings. The third kappa shape index (κ3) is 4.47. The Kier molecular flexibility index (Phi) is 5.63. The van der Waals surface area contributed by atoms with Crippen molar-refractivity contribution in [3.63, 3.8) is 0 Å². The van der Waals surface area contributed by atoms with E-state index in [1.807, 2.05) is 30.5 Å². The number of anilines is 1. The minimum atomic E-state index is -0.569. The SMILES string of the molecule is O=C(COC(=O)CCCc1c[nH]c2ccccc12)Nc1ccccc1F. The molecule has 2 N–H and O–H groups in total.